The van der Waals surface area contributed by atoms with E-state index in [0.29, 0.717) is 0 Å². The van der Waals surface area contributed by atoms with E-state index in [1.54, 1.807) is 22.7 Å². The van der Waals surface area contributed by atoms with E-state index in [-0.39, 0.29) is 0 Å². The molecule has 0 aromatic carbocycles. The number of thiazole rings is 2. The molecular weight excluding hydrogens is 264 g/mol. The maximum Gasteiger partial charge on any atom is 0.183 e. The summed E-state index contributed by atoms with van der Waals surface area (Å²) < 4.78 is 0. The third kappa shape index (κ3) is 3.51. The van der Waals surface area contributed by atoms with Crippen molar-refractivity contribution in [1.29, 1.82) is 0 Å². The van der Waals surface area contributed by atoms with Crippen molar-refractivity contribution >= 4 is 27.8 Å². The molecule has 98 valence electrons. The van der Waals surface area contributed by atoms with Crippen LogP contribution in [0.3, 0.4) is 0 Å². The summed E-state index contributed by atoms with van der Waals surface area (Å²) in [5, 5.41) is 7.47. The molecule has 0 aliphatic heterocycles. The molecule has 0 spiro atoms. The van der Waals surface area contributed by atoms with Gasteiger partial charge in [-0.15, -0.1) is 22.7 Å². The number of nitrogens with one attached hydrogen (secondary N) is 1. The van der Waals surface area contributed by atoms with Gasteiger partial charge in [-0.25, -0.2) is 9.97 Å². The van der Waals surface area contributed by atoms with E-state index in [2.05, 4.69) is 46.6 Å². The third-order valence-corrected chi connectivity index (χ3v) is 4.29. The highest BCUT2D eigenvalue weighted by Crippen LogP contribution is 2.29. The zero-order valence-electron chi connectivity index (χ0n) is 10.9. The summed E-state index contributed by atoms with van der Waals surface area (Å²) >= 11 is 3.38. The van der Waals surface area contributed by atoms with Gasteiger partial charge in [0.15, 0.2) is 5.13 Å². The Morgan fingerprint density at radius 1 is 1.39 bits per heavy atom. The second-order valence-corrected chi connectivity index (χ2v) is 6.21. The predicted octanol–water partition coefficient (Wildman–Crippen LogP) is 2.80. The first kappa shape index (κ1) is 13.5. The minimum Gasteiger partial charge on any atom is -0.362 e. The Bertz CT molecular complexity index is 490. The van der Waals surface area contributed by atoms with Crippen LogP contribution in [0.15, 0.2) is 11.6 Å². The molecule has 0 aliphatic rings. The SMILES string of the molecule is CCNc1nc(-c2cnc(CCN(C)C)s2)cs1. The first-order valence-electron chi connectivity index (χ1n) is 5.98. The zero-order valence-corrected chi connectivity index (χ0v) is 12.6. The first-order chi connectivity index (χ1) is 8.69. The van der Waals surface area contributed by atoms with E-state index in [4.69, 9.17) is 0 Å². The van der Waals surface area contributed by atoms with Gasteiger partial charge < -0.3 is 10.2 Å². The molecule has 0 saturated carbocycles. The Morgan fingerprint density at radius 3 is 2.94 bits per heavy atom. The van der Waals surface area contributed by atoms with Gasteiger partial charge in [0.1, 0.15) is 0 Å². The molecule has 0 unspecified atom stereocenters. The second kappa shape index (κ2) is 6.26. The van der Waals surface area contributed by atoms with Gasteiger partial charge >= 0.3 is 0 Å². The Kier molecular flexibility index (Phi) is 4.68. The van der Waals surface area contributed by atoms with E-state index < -0.39 is 0 Å². The van der Waals surface area contributed by atoms with Crippen LogP contribution in [-0.2, 0) is 6.42 Å². The van der Waals surface area contributed by atoms with Gasteiger partial charge in [0.05, 0.1) is 15.6 Å². The van der Waals surface area contributed by atoms with Crippen LogP contribution in [-0.4, -0.2) is 42.1 Å². The highest BCUT2D eigenvalue weighted by Gasteiger charge is 2.08. The number of hydrogen-bond acceptors (Lipinski definition) is 6. The molecule has 0 atom stereocenters. The van der Waals surface area contributed by atoms with Gasteiger partial charge in [-0.05, 0) is 21.0 Å². The van der Waals surface area contributed by atoms with Crippen molar-refractivity contribution in [3.63, 3.8) is 0 Å². The molecule has 1 N–H and O–H groups in total. The average Bonchev–Trinajstić information content (AvgIpc) is 2.94. The zero-order chi connectivity index (χ0) is 13.0. The molecule has 0 aliphatic carbocycles. The lowest BCUT2D eigenvalue weighted by Gasteiger charge is -2.06. The van der Waals surface area contributed by atoms with E-state index in [0.717, 1.165) is 35.2 Å². The monoisotopic (exact) mass is 282 g/mol. The maximum atomic E-state index is 4.55. The van der Waals surface area contributed by atoms with E-state index >= 15 is 0 Å². The number of anilines is 1. The number of aromatic nitrogens is 2. The van der Waals surface area contributed by atoms with Crippen molar-refractivity contribution in [2.24, 2.45) is 0 Å². The van der Waals surface area contributed by atoms with Crippen molar-refractivity contribution in [1.82, 2.24) is 14.9 Å². The topological polar surface area (TPSA) is 41.1 Å². The van der Waals surface area contributed by atoms with Crippen molar-refractivity contribution in [3.8, 4) is 10.6 Å². The minimum atomic E-state index is 0.906. The molecule has 4 nitrogen and oxygen atoms in total. The molecule has 2 aromatic rings. The first-order valence-corrected chi connectivity index (χ1v) is 7.68. The lowest BCUT2D eigenvalue weighted by molar-refractivity contribution is 0.413. The summed E-state index contributed by atoms with van der Waals surface area (Å²) in [6, 6.07) is 0. The van der Waals surface area contributed by atoms with Gasteiger partial charge in [0, 0.05) is 31.1 Å². The van der Waals surface area contributed by atoms with Crippen LogP contribution in [0.5, 0.6) is 0 Å². The van der Waals surface area contributed by atoms with E-state index in [1.807, 2.05) is 6.20 Å². The van der Waals surface area contributed by atoms with E-state index in [9.17, 15) is 0 Å². The van der Waals surface area contributed by atoms with Crippen LogP contribution >= 0.6 is 22.7 Å². The van der Waals surface area contributed by atoms with Gasteiger partial charge in [-0.1, -0.05) is 0 Å². The summed E-state index contributed by atoms with van der Waals surface area (Å²) in [6.07, 6.45) is 2.93. The summed E-state index contributed by atoms with van der Waals surface area (Å²) in [7, 11) is 4.16. The summed E-state index contributed by atoms with van der Waals surface area (Å²) in [4.78, 5) is 12.3. The van der Waals surface area contributed by atoms with Crippen molar-refractivity contribution < 1.29 is 0 Å². The molecule has 2 heterocycles. The van der Waals surface area contributed by atoms with E-state index in [1.165, 1.54) is 5.01 Å². The molecule has 2 aromatic heterocycles. The Labute approximate surface area is 116 Å². The smallest absolute Gasteiger partial charge is 0.183 e. The van der Waals surface area contributed by atoms with Crippen LogP contribution in [0.4, 0.5) is 5.13 Å². The van der Waals surface area contributed by atoms with Crippen molar-refractivity contribution in [2.75, 3.05) is 32.5 Å². The average molecular weight is 282 g/mol. The number of rotatable bonds is 6. The lowest BCUT2D eigenvalue weighted by atomic mass is 10.4. The molecule has 2 rings (SSSR count). The molecule has 0 radical (unpaired) electrons. The standard InChI is InChI=1S/C12H18N4S2/c1-4-13-12-15-9(8-17-12)10-7-14-11(18-10)5-6-16(2)3/h7-8H,4-6H2,1-3H3,(H,13,15). The lowest BCUT2D eigenvalue weighted by Crippen LogP contribution is -2.14. The summed E-state index contributed by atoms with van der Waals surface area (Å²) in [5.41, 5.74) is 1.03. The molecule has 18 heavy (non-hydrogen) atoms. The molecule has 0 saturated heterocycles. The summed E-state index contributed by atoms with van der Waals surface area (Å²) in [5.74, 6) is 0. The quantitative estimate of drug-likeness (QED) is 0.884. The highest BCUT2D eigenvalue weighted by molar-refractivity contribution is 7.16. The highest BCUT2D eigenvalue weighted by atomic mass is 32.1. The van der Waals surface area contributed by atoms with Gasteiger partial charge in [-0.3, -0.25) is 0 Å². The second-order valence-electron chi connectivity index (χ2n) is 4.24. The number of hydrogen-bond donors (Lipinski definition) is 1. The van der Waals surface area contributed by atoms with Gasteiger partial charge in [0.25, 0.3) is 0 Å². The Balaban J connectivity index is 2.04. The molecule has 0 amide bonds. The fourth-order valence-electron chi connectivity index (χ4n) is 1.48. The Morgan fingerprint density at radius 2 is 2.22 bits per heavy atom. The van der Waals surface area contributed by atoms with Crippen LogP contribution in [0.25, 0.3) is 10.6 Å². The number of likely N-dealkylation sites (N-methyl/N-ethyl adjacent to an activating group) is 1. The van der Waals surface area contributed by atoms with Crippen LogP contribution in [0, 0.1) is 0 Å². The normalized spacial score (nSPS) is 11.1. The van der Waals surface area contributed by atoms with Gasteiger partial charge in [0.2, 0.25) is 0 Å². The maximum absolute atomic E-state index is 4.55. The molecule has 0 bridgehead atoms. The fraction of sp³-hybridized carbons (Fsp3) is 0.500. The molecule has 0 fully saturated rings. The Hall–Kier alpha value is -0.980. The van der Waals surface area contributed by atoms with Crippen LogP contribution < -0.4 is 5.32 Å². The molecular formula is C12H18N4S2. The van der Waals surface area contributed by atoms with Crippen molar-refractivity contribution in [3.05, 3.63) is 16.6 Å². The minimum absolute atomic E-state index is 0.906. The van der Waals surface area contributed by atoms with Gasteiger partial charge in [-0.2, -0.15) is 0 Å². The number of nitrogens with zero attached hydrogens (tertiary/aromatic N) is 3. The van der Waals surface area contributed by atoms with Crippen molar-refractivity contribution in [2.45, 2.75) is 13.3 Å². The van der Waals surface area contributed by atoms with Crippen LogP contribution in [0.1, 0.15) is 11.9 Å². The third-order valence-electron chi connectivity index (χ3n) is 2.41. The largest absolute Gasteiger partial charge is 0.362 e. The summed E-state index contributed by atoms with van der Waals surface area (Å²) in [6.45, 7) is 4.02. The fourth-order valence-corrected chi connectivity index (χ4v) is 3.21. The molecule has 6 heteroatoms. The van der Waals surface area contributed by atoms with Crippen LogP contribution in [0.2, 0.25) is 0 Å². The predicted molar refractivity (Wildman–Crippen MR) is 79.6 cm³/mol.